The van der Waals surface area contributed by atoms with Gasteiger partial charge in [-0.2, -0.15) is 0 Å². The molecule has 2 aliphatic rings. The summed E-state index contributed by atoms with van der Waals surface area (Å²) in [5.41, 5.74) is -0.340. The van der Waals surface area contributed by atoms with Crippen LogP contribution in [0.3, 0.4) is 0 Å². The number of nitrogens with zero attached hydrogens (tertiary/aromatic N) is 2. The number of hydrogen-bond donors (Lipinski definition) is 0. The van der Waals surface area contributed by atoms with Gasteiger partial charge in [0.1, 0.15) is 5.41 Å². The van der Waals surface area contributed by atoms with E-state index in [4.69, 9.17) is 0 Å². The Morgan fingerprint density at radius 3 is 2.06 bits per heavy atom. The molecule has 2 rings (SSSR count). The predicted octanol–water partition coefficient (Wildman–Crippen LogP) is 1.54. The summed E-state index contributed by atoms with van der Waals surface area (Å²) in [7, 11) is 2.85. The van der Waals surface area contributed by atoms with Crippen LogP contribution in [-0.4, -0.2) is 41.7 Å². The van der Waals surface area contributed by atoms with Crippen LogP contribution < -0.4 is 0 Å². The molecule has 18 heavy (non-hydrogen) atoms. The van der Waals surface area contributed by atoms with Gasteiger partial charge in [-0.05, 0) is 38.2 Å². The molecule has 1 aliphatic carbocycles. The van der Waals surface area contributed by atoms with Crippen molar-refractivity contribution < 1.29 is 14.4 Å². The molecule has 0 aromatic carbocycles. The number of imide groups is 2. The second kappa shape index (κ2) is 4.23. The maximum atomic E-state index is 12.3. The van der Waals surface area contributed by atoms with Gasteiger partial charge in [0.05, 0.1) is 0 Å². The zero-order valence-electron chi connectivity index (χ0n) is 11.0. The highest BCUT2D eigenvalue weighted by molar-refractivity contribution is 6.20. The van der Waals surface area contributed by atoms with Crippen molar-refractivity contribution in [3.05, 3.63) is 11.6 Å². The summed E-state index contributed by atoms with van der Waals surface area (Å²) in [6, 6.07) is -0.557. The molecule has 1 aliphatic heterocycles. The zero-order valence-corrected chi connectivity index (χ0v) is 11.0. The summed E-state index contributed by atoms with van der Waals surface area (Å²) >= 11 is 0. The van der Waals surface area contributed by atoms with Crippen molar-refractivity contribution in [2.45, 2.75) is 32.6 Å². The van der Waals surface area contributed by atoms with Gasteiger partial charge in [0.15, 0.2) is 0 Å². The molecule has 98 valence electrons. The fourth-order valence-corrected chi connectivity index (χ4v) is 2.73. The lowest BCUT2D eigenvalue weighted by Gasteiger charge is -2.41. The molecule has 4 amide bonds. The fourth-order valence-electron chi connectivity index (χ4n) is 2.73. The standard InChI is InChI=1S/C13H18N2O3/c1-13(9-7-5-4-6-8-9)10(16)14(2)12(18)15(3)11(13)17/h7H,4-6,8H2,1-3H3. The molecule has 0 N–H and O–H groups in total. The van der Waals surface area contributed by atoms with Crippen LogP contribution in [-0.2, 0) is 9.59 Å². The third-order valence-electron chi connectivity index (χ3n) is 3.97. The van der Waals surface area contributed by atoms with Crippen molar-refractivity contribution in [3.8, 4) is 0 Å². The van der Waals surface area contributed by atoms with E-state index in [0.29, 0.717) is 0 Å². The number of carbonyl (C=O) groups excluding carboxylic acids is 3. The first-order valence-corrected chi connectivity index (χ1v) is 6.20. The quantitative estimate of drug-likeness (QED) is 0.524. The smallest absolute Gasteiger partial charge is 0.273 e. The largest absolute Gasteiger partial charge is 0.332 e. The van der Waals surface area contributed by atoms with E-state index >= 15 is 0 Å². The van der Waals surface area contributed by atoms with Crippen molar-refractivity contribution in [1.82, 2.24) is 9.80 Å². The van der Waals surface area contributed by atoms with Crippen LogP contribution >= 0.6 is 0 Å². The molecule has 0 atom stereocenters. The molecule has 1 fully saturated rings. The first-order valence-electron chi connectivity index (χ1n) is 6.20. The summed E-state index contributed by atoms with van der Waals surface area (Å²) in [5.74, 6) is -0.826. The number of allylic oxidation sites excluding steroid dienone is 1. The fraction of sp³-hybridized carbons (Fsp3) is 0.615. The van der Waals surface area contributed by atoms with Crippen LogP contribution in [0.2, 0.25) is 0 Å². The first kappa shape index (κ1) is 12.8. The Labute approximate surface area is 106 Å². The second-order valence-electron chi connectivity index (χ2n) is 5.11. The lowest BCUT2D eigenvalue weighted by atomic mass is 9.74. The molecule has 5 nitrogen and oxygen atoms in total. The summed E-state index contributed by atoms with van der Waals surface area (Å²) in [5, 5.41) is 0. The van der Waals surface area contributed by atoms with Crippen molar-refractivity contribution in [2.75, 3.05) is 14.1 Å². The Balaban J connectivity index is 2.46. The van der Waals surface area contributed by atoms with E-state index in [0.717, 1.165) is 41.1 Å². The molecule has 1 heterocycles. The van der Waals surface area contributed by atoms with Crippen molar-refractivity contribution >= 4 is 17.8 Å². The molecule has 0 bridgehead atoms. The average molecular weight is 250 g/mol. The number of amides is 4. The van der Waals surface area contributed by atoms with E-state index in [-0.39, 0.29) is 0 Å². The molecule has 0 spiro atoms. The van der Waals surface area contributed by atoms with Crippen LogP contribution in [0.15, 0.2) is 11.6 Å². The predicted molar refractivity (Wildman–Crippen MR) is 65.6 cm³/mol. The van der Waals surface area contributed by atoms with Crippen LogP contribution in [0.4, 0.5) is 4.79 Å². The molecular weight excluding hydrogens is 232 g/mol. The number of urea groups is 1. The van der Waals surface area contributed by atoms with Gasteiger partial charge >= 0.3 is 6.03 Å². The lowest BCUT2D eigenvalue weighted by Crippen LogP contribution is -2.62. The Bertz CT molecular complexity index is 429. The minimum Gasteiger partial charge on any atom is -0.273 e. The van der Waals surface area contributed by atoms with E-state index in [9.17, 15) is 14.4 Å². The van der Waals surface area contributed by atoms with Gasteiger partial charge in [-0.3, -0.25) is 19.4 Å². The van der Waals surface area contributed by atoms with E-state index in [1.165, 1.54) is 14.1 Å². The highest BCUT2D eigenvalue weighted by Gasteiger charge is 2.54. The maximum Gasteiger partial charge on any atom is 0.332 e. The van der Waals surface area contributed by atoms with Gasteiger partial charge in [0.2, 0.25) is 11.8 Å². The second-order valence-corrected chi connectivity index (χ2v) is 5.11. The lowest BCUT2D eigenvalue weighted by molar-refractivity contribution is -0.153. The van der Waals surface area contributed by atoms with Crippen LogP contribution in [0, 0.1) is 5.41 Å². The van der Waals surface area contributed by atoms with E-state index in [1.807, 2.05) is 6.08 Å². The highest BCUT2D eigenvalue weighted by Crippen LogP contribution is 2.39. The Hall–Kier alpha value is -1.65. The monoisotopic (exact) mass is 250 g/mol. The van der Waals surface area contributed by atoms with Gasteiger partial charge in [0.25, 0.3) is 0 Å². The zero-order chi connectivity index (χ0) is 13.5. The van der Waals surface area contributed by atoms with Crippen molar-refractivity contribution in [1.29, 1.82) is 0 Å². The van der Waals surface area contributed by atoms with E-state index in [2.05, 4.69) is 0 Å². The average Bonchev–Trinajstić information content (AvgIpc) is 2.42. The molecule has 5 heteroatoms. The van der Waals surface area contributed by atoms with Crippen LogP contribution in [0.5, 0.6) is 0 Å². The SMILES string of the molecule is CN1C(=O)N(C)C(=O)C(C)(C2=CCCCC2)C1=O. The molecular formula is C13H18N2O3. The number of barbiturate groups is 1. The Morgan fingerprint density at radius 2 is 1.61 bits per heavy atom. The third kappa shape index (κ3) is 1.57. The van der Waals surface area contributed by atoms with Crippen molar-refractivity contribution in [3.63, 3.8) is 0 Å². The van der Waals surface area contributed by atoms with Crippen LogP contribution in [0.25, 0.3) is 0 Å². The van der Waals surface area contributed by atoms with Gasteiger partial charge in [-0.15, -0.1) is 0 Å². The topological polar surface area (TPSA) is 57.7 Å². The highest BCUT2D eigenvalue weighted by atomic mass is 16.2. The maximum absolute atomic E-state index is 12.3. The van der Waals surface area contributed by atoms with Gasteiger partial charge < -0.3 is 0 Å². The number of carbonyl (C=O) groups is 3. The summed E-state index contributed by atoms with van der Waals surface area (Å²) in [6.07, 6.45) is 5.71. The molecule has 0 saturated carbocycles. The normalized spacial score (nSPS) is 24.4. The summed E-state index contributed by atoms with van der Waals surface area (Å²) in [6.45, 7) is 1.63. The molecule has 0 unspecified atom stereocenters. The number of hydrogen-bond acceptors (Lipinski definition) is 3. The van der Waals surface area contributed by atoms with Crippen molar-refractivity contribution in [2.24, 2.45) is 5.41 Å². The first-order chi connectivity index (χ1) is 8.40. The molecule has 0 aromatic heterocycles. The van der Waals surface area contributed by atoms with E-state index < -0.39 is 23.3 Å². The molecule has 0 aromatic rings. The van der Waals surface area contributed by atoms with Gasteiger partial charge in [-0.25, -0.2) is 4.79 Å². The Kier molecular flexibility index (Phi) is 3.00. The molecule has 0 radical (unpaired) electrons. The third-order valence-corrected chi connectivity index (χ3v) is 3.97. The van der Waals surface area contributed by atoms with Crippen LogP contribution in [0.1, 0.15) is 32.6 Å². The number of rotatable bonds is 1. The van der Waals surface area contributed by atoms with E-state index in [1.54, 1.807) is 6.92 Å². The van der Waals surface area contributed by atoms with Gasteiger partial charge in [-0.1, -0.05) is 6.08 Å². The minimum atomic E-state index is -1.20. The Morgan fingerprint density at radius 1 is 1.06 bits per heavy atom. The summed E-state index contributed by atoms with van der Waals surface area (Å²) < 4.78 is 0. The molecule has 1 saturated heterocycles. The minimum absolute atomic E-state index is 0.413. The van der Waals surface area contributed by atoms with Gasteiger partial charge in [0, 0.05) is 14.1 Å². The summed E-state index contributed by atoms with van der Waals surface area (Å²) in [4.78, 5) is 38.4.